The van der Waals surface area contributed by atoms with E-state index in [9.17, 15) is 0 Å². The molecule has 0 saturated heterocycles. The highest BCUT2D eigenvalue weighted by molar-refractivity contribution is 5.80. The van der Waals surface area contributed by atoms with Crippen LogP contribution in [0, 0.1) is 0 Å². The largest absolute Gasteiger partial charge is 0.340 e. The summed E-state index contributed by atoms with van der Waals surface area (Å²) in [6.07, 6.45) is 4.18. The van der Waals surface area contributed by atoms with Gasteiger partial charge >= 0.3 is 0 Å². The molecule has 3 rings (SSSR count). The SMILES string of the molecule is C[C@H](C1=C(CC[NH+](C)C)Cc2ccccc21)c1ccccn1. The summed E-state index contributed by atoms with van der Waals surface area (Å²) in [5.41, 5.74) is 7.19. The van der Waals surface area contributed by atoms with Crippen molar-refractivity contribution in [1.29, 1.82) is 0 Å². The number of aromatic nitrogens is 1. The van der Waals surface area contributed by atoms with E-state index in [-0.39, 0.29) is 0 Å². The van der Waals surface area contributed by atoms with E-state index in [1.807, 2.05) is 12.3 Å². The van der Waals surface area contributed by atoms with E-state index >= 15 is 0 Å². The zero-order valence-electron chi connectivity index (χ0n) is 13.8. The first-order valence-electron chi connectivity index (χ1n) is 8.17. The van der Waals surface area contributed by atoms with Crippen LogP contribution in [0.4, 0.5) is 0 Å². The summed E-state index contributed by atoms with van der Waals surface area (Å²) in [5, 5.41) is 0. The number of rotatable bonds is 5. The molecule has 2 heteroatoms. The number of allylic oxidation sites excluding steroid dienone is 1. The smallest absolute Gasteiger partial charge is 0.0804 e. The Bertz CT molecular complexity index is 671. The van der Waals surface area contributed by atoms with Crippen molar-refractivity contribution in [2.45, 2.75) is 25.7 Å². The lowest BCUT2D eigenvalue weighted by Gasteiger charge is -2.17. The van der Waals surface area contributed by atoms with Gasteiger partial charge in [0.05, 0.1) is 20.6 Å². The van der Waals surface area contributed by atoms with Crippen molar-refractivity contribution < 1.29 is 4.90 Å². The number of nitrogens with one attached hydrogen (secondary N) is 1. The van der Waals surface area contributed by atoms with Gasteiger partial charge in [-0.3, -0.25) is 4.98 Å². The van der Waals surface area contributed by atoms with Gasteiger partial charge < -0.3 is 4.90 Å². The highest BCUT2D eigenvalue weighted by Gasteiger charge is 2.26. The molecule has 1 N–H and O–H groups in total. The minimum absolute atomic E-state index is 0.358. The molecule has 1 aromatic carbocycles. The Morgan fingerprint density at radius 1 is 1.09 bits per heavy atom. The van der Waals surface area contributed by atoms with Gasteiger partial charge in [-0.15, -0.1) is 0 Å². The second-order valence-corrected chi connectivity index (χ2v) is 6.53. The van der Waals surface area contributed by atoms with Crippen molar-refractivity contribution in [1.82, 2.24) is 4.98 Å². The van der Waals surface area contributed by atoms with Gasteiger partial charge in [0.2, 0.25) is 0 Å². The molecule has 0 spiro atoms. The van der Waals surface area contributed by atoms with Crippen LogP contribution < -0.4 is 4.90 Å². The predicted octanol–water partition coefficient (Wildman–Crippen LogP) is 2.73. The van der Waals surface area contributed by atoms with Crippen molar-refractivity contribution in [3.8, 4) is 0 Å². The maximum atomic E-state index is 4.59. The van der Waals surface area contributed by atoms with Gasteiger partial charge in [0.15, 0.2) is 0 Å². The molecule has 1 aliphatic carbocycles. The monoisotopic (exact) mass is 293 g/mol. The molecule has 1 aliphatic rings. The van der Waals surface area contributed by atoms with E-state index in [4.69, 9.17) is 0 Å². The minimum Gasteiger partial charge on any atom is -0.340 e. The van der Waals surface area contributed by atoms with Gasteiger partial charge in [-0.05, 0) is 35.3 Å². The molecule has 0 aliphatic heterocycles. The van der Waals surface area contributed by atoms with E-state index in [1.165, 1.54) is 40.3 Å². The van der Waals surface area contributed by atoms with E-state index < -0.39 is 0 Å². The van der Waals surface area contributed by atoms with Gasteiger partial charge in [-0.1, -0.05) is 42.8 Å². The maximum Gasteiger partial charge on any atom is 0.0804 e. The molecular weight excluding hydrogens is 268 g/mol. The third kappa shape index (κ3) is 2.97. The molecule has 0 saturated carbocycles. The molecule has 0 unspecified atom stereocenters. The zero-order valence-corrected chi connectivity index (χ0v) is 13.8. The molecule has 1 heterocycles. The van der Waals surface area contributed by atoms with Crippen molar-refractivity contribution in [3.63, 3.8) is 0 Å². The fraction of sp³-hybridized carbons (Fsp3) is 0.350. The Morgan fingerprint density at radius 2 is 1.86 bits per heavy atom. The van der Waals surface area contributed by atoms with Crippen LogP contribution in [0.15, 0.2) is 54.2 Å². The molecule has 2 aromatic rings. The standard InChI is InChI=1S/C20H24N2/c1-15(19-10-6-7-12-21-19)20-17(11-13-22(2)3)14-16-8-4-5-9-18(16)20/h4-10,12,15H,11,13-14H2,1-3H3/p+1/t15-/m0/s1. The van der Waals surface area contributed by atoms with Crippen LogP contribution in [0.25, 0.3) is 5.57 Å². The lowest BCUT2D eigenvalue weighted by molar-refractivity contribution is -0.857. The molecule has 22 heavy (non-hydrogen) atoms. The van der Waals surface area contributed by atoms with E-state index in [2.05, 4.69) is 62.4 Å². The second-order valence-electron chi connectivity index (χ2n) is 6.53. The number of hydrogen-bond donors (Lipinski definition) is 1. The van der Waals surface area contributed by atoms with Crippen LogP contribution >= 0.6 is 0 Å². The molecule has 0 bridgehead atoms. The average Bonchev–Trinajstić information content (AvgIpc) is 2.91. The molecule has 114 valence electrons. The van der Waals surface area contributed by atoms with Gasteiger partial charge in [-0.2, -0.15) is 0 Å². The van der Waals surface area contributed by atoms with Crippen molar-refractivity contribution in [2.75, 3.05) is 20.6 Å². The summed E-state index contributed by atoms with van der Waals surface area (Å²) in [6, 6.07) is 15.1. The normalized spacial score (nSPS) is 15.3. The Balaban J connectivity index is 1.99. The quantitative estimate of drug-likeness (QED) is 0.897. The molecule has 1 aromatic heterocycles. The lowest BCUT2D eigenvalue weighted by atomic mass is 9.89. The molecular formula is C20H25N2+. The summed E-state index contributed by atoms with van der Waals surface area (Å²) in [7, 11) is 4.45. The summed E-state index contributed by atoms with van der Waals surface area (Å²) in [5.74, 6) is 0.358. The van der Waals surface area contributed by atoms with Gasteiger partial charge in [0.1, 0.15) is 0 Å². The van der Waals surface area contributed by atoms with Crippen LogP contribution in [-0.2, 0) is 6.42 Å². The minimum atomic E-state index is 0.358. The van der Waals surface area contributed by atoms with Crippen LogP contribution in [0.5, 0.6) is 0 Å². The highest BCUT2D eigenvalue weighted by Crippen LogP contribution is 2.42. The van der Waals surface area contributed by atoms with E-state index in [0.29, 0.717) is 5.92 Å². The van der Waals surface area contributed by atoms with Gasteiger partial charge in [0, 0.05) is 24.2 Å². The number of hydrogen-bond acceptors (Lipinski definition) is 1. The molecule has 0 amide bonds. The number of quaternary nitrogens is 1. The number of nitrogens with zero attached hydrogens (tertiary/aromatic N) is 1. The van der Waals surface area contributed by atoms with Crippen molar-refractivity contribution >= 4 is 5.57 Å². The molecule has 2 nitrogen and oxygen atoms in total. The summed E-state index contributed by atoms with van der Waals surface area (Å²) in [6.45, 7) is 3.48. The van der Waals surface area contributed by atoms with Crippen LogP contribution in [-0.4, -0.2) is 25.6 Å². The Hall–Kier alpha value is -1.93. The van der Waals surface area contributed by atoms with Gasteiger partial charge in [-0.25, -0.2) is 0 Å². The van der Waals surface area contributed by atoms with Crippen LogP contribution in [0.1, 0.15) is 36.1 Å². The third-order valence-corrected chi connectivity index (χ3v) is 4.58. The average molecular weight is 293 g/mol. The number of benzene rings is 1. The van der Waals surface area contributed by atoms with E-state index in [0.717, 1.165) is 6.42 Å². The molecule has 0 radical (unpaired) electrons. The summed E-state index contributed by atoms with van der Waals surface area (Å²) in [4.78, 5) is 6.09. The Kier molecular flexibility index (Phi) is 4.39. The summed E-state index contributed by atoms with van der Waals surface area (Å²) >= 11 is 0. The maximum absolute atomic E-state index is 4.59. The molecule has 0 fully saturated rings. The zero-order chi connectivity index (χ0) is 15.5. The van der Waals surface area contributed by atoms with Crippen LogP contribution in [0.2, 0.25) is 0 Å². The first-order valence-corrected chi connectivity index (χ1v) is 8.17. The van der Waals surface area contributed by atoms with Crippen molar-refractivity contribution in [2.24, 2.45) is 0 Å². The number of fused-ring (bicyclic) bond motifs is 1. The van der Waals surface area contributed by atoms with Crippen LogP contribution in [0.3, 0.4) is 0 Å². The van der Waals surface area contributed by atoms with Crippen molar-refractivity contribution in [3.05, 3.63) is 71.1 Å². The fourth-order valence-electron chi connectivity index (χ4n) is 3.40. The lowest BCUT2D eigenvalue weighted by Crippen LogP contribution is -3.05. The summed E-state index contributed by atoms with van der Waals surface area (Å²) < 4.78 is 0. The van der Waals surface area contributed by atoms with E-state index in [1.54, 1.807) is 5.57 Å². The Morgan fingerprint density at radius 3 is 2.59 bits per heavy atom. The Labute approximate surface area is 133 Å². The fourth-order valence-corrected chi connectivity index (χ4v) is 3.40. The number of pyridine rings is 1. The van der Waals surface area contributed by atoms with Gasteiger partial charge in [0.25, 0.3) is 0 Å². The topological polar surface area (TPSA) is 17.3 Å². The first kappa shape index (κ1) is 15.0. The highest BCUT2D eigenvalue weighted by atomic mass is 15.0. The third-order valence-electron chi connectivity index (χ3n) is 4.58. The first-order chi connectivity index (χ1) is 10.7. The second kappa shape index (κ2) is 6.45. The predicted molar refractivity (Wildman–Crippen MR) is 92.0 cm³/mol. The molecule has 1 atom stereocenters.